The molecule has 2 heterocycles. The number of sulfonamides is 1. The fourth-order valence-electron chi connectivity index (χ4n) is 3.69. The molecule has 0 saturated carbocycles. The second-order valence-electron chi connectivity index (χ2n) is 7.70. The Bertz CT molecular complexity index is 1260. The highest BCUT2D eigenvalue weighted by Crippen LogP contribution is 2.32. The number of halogens is 1. The zero-order valence-electron chi connectivity index (χ0n) is 18.1. The van der Waals surface area contributed by atoms with Gasteiger partial charge in [-0.2, -0.15) is 9.29 Å². The van der Waals surface area contributed by atoms with Crippen LogP contribution in [0.2, 0.25) is 5.02 Å². The summed E-state index contributed by atoms with van der Waals surface area (Å²) in [6.07, 6.45) is 1.14. The van der Waals surface area contributed by atoms with Gasteiger partial charge in [-0.15, -0.1) is 0 Å². The van der Waals surface area contributed by atoms with Crippen molar-refractivity contribution >= 4 is 33.2 Å². The molecule has 1 aliphatic heterocycles. The first-order valence-electron chi connectivity index (χ1n) is 10.3. The average molecular weight is 491 g/mol. The van der Waals surface area contributed by atoms with Crippen molar-refractivity contribution in [2.45, 2.75) is 24.7 Å². The van der Waals surface area contributed by atoms with Crippen molar-refractivity contribution < 1.29 is 22.5 Å². The third-order valence-electron chi connectivity index (χ3n) is 5.45. The third-order valence-corrected chi connectivity index (χ3v) is 7.79. The van der Waals surface area contributed by atoms with E-state index in [-0.39, 0.29) is 28.2 Å². The first-order valence-corrected chi connectivity index (χ1v) is 12.1. The summed E-state index contributed by atoms with van der Waals surface area (Å²) in [5.74, 6) is 0.597. The molecule has 0 unspecified atom stereocenters. The Hall–Kier alpha value is -2.95. The van der Waals surface area contributed by atoms with Gasteiger partial charge < -0.3 is 14.6 Å². The highest BCUT2D eigenvalue weighted by molar-refractivity contribution is 7.89. The standard InChI is InChI=1S/C22H23ClN4O5S/c1-14-24-21(26-32-14)15-5-10-19(23)20(12-15)33(29,30)27-11-3-4-16(13-27)22(28)25-17-6-8-18(31-2)9-7-17/h5-10,12,16H,3-4,11,13H2,1-2H3,(H,25,28)/t16-/m0/s1. The number of benzene rings is 2. The van der Waals surface area contributed by atoms with E-state index in [4.69, 9.17) is 20.9 Å². The number of hydrogen-bond acceptors (Lipinski definition) is 7. The van der Waals surface area contributed by atoms with E-state index in [9.17, 15) is 13.2 Å². The van der Waals surface area contributed by atoms with Crippen LogP contribution in [0.3, 0.4) is 0 Å². The molecule has 1 atom stereocenters. The Morgan fingerprint density at radius 3 is 2.67 bits per heavy atom. The minimum absolute atomic E-state index is 0.0552. The molecule has 0 radical (unpaired) electrons. The summed E-state index contributed by atoms with van der Waals surface area (Å²) in [7, 11) is -2.38. The Morgan fingerprint density at radius 2 is 2.00 bits per heavy atom. The third kappa shape index (κ3) is 5.02. The first kappa shape index (κ1) is 23.2. The monoisotopic (exact) mass is 490 g/mol. The van der Waals surface area contributed by atoms with Gasteiger partial charge in [0.15, 0.2) is 0 Å². The molecule has 1 aliphatic rings. The van der Waals surface area contributed by atoms with Crippen molar-refractivity contribution in [2.24, 2.45) is 5.92 Å². The Balaban J connectivity index is 1.52. The molecule has 174 valence electrons. The summed E-state index contributed by atoms with van der Waals surface area (Å²) < 4.78 is 38.3. The number of methoxy groups -OCH3 is 1. The number of hydrogen-bond donors (Lipinski definition) is 1. The lowest BCUT2D eigenvalue weighted by Gasteiger charge is -2.31. The maximum absolute atomic E-state index is 13.4. The van der Waals surface area contributed by atoms with Gasteiger partial charge in [0.05, 0.1) is 18.1 Å². The molecule has 0 spiro atoms. The molecule has 9 nitrogen and oxygen atoms in total. The van der Waals surface area contributed by atoms with Crippen LogP contribution >= 0.6 is 11.6 Å². The van der Waals surface area contributed by atoms with Crippen LogP contribution in [0, 0.1) is 12.8 Å². The summed E-state index contributed by atoms with van der Waals surface area (Å²) in [5.41, 5.74) is 1.09. The fraction of sp³-hybridized carbons (Fsp3) is 0.318. The van der Waals surface area contributed by atoms with Gasteiger partial charge in [0.25, 0.3) is 0 Å². The van der Waals surface area contributed by atoms with Crippen LogP contribution in [0.1, 0.15) is 18.7 Å². The molecule has 33 heavy (non-hydrogen) atoms. The van der Waals surface area contributed by atoms with Gasteiger partial charge >= 0.3 is 0 Å². The average Bonchev–Trinajstić information content (AvgIpc) is 3.26. The number of aromatic nitrogens is 2. The number of nitrogens with one attached hydrogen (secondary N) is 1. The lowest BCUT2D eigenvalue weighted by molar-refractivity contribution is -0.120. The minimum atomic E-state index is -3.95. The number of anilines is 1. The number of piperidine rings is 1. The van der Waals surface area contributed by atoms with Gasteiger partial charge in [0.1, 0.15) is 10.6 Å². The van der Waals surface area contributed by atoms with Crippen molar-refractivity contribution in [3.05, 3.63) is 53.4 Å². The van der Waals surface area contributed by atoms with Crippen LogP contribution in [0.5, 0.6) is 5.75 Å². The van der Waals surface area contributed by atoms with Crippen LogP contribution in [0.4, 0.5) is 5.69 Å². The Kier molecular flexibility index (Phi) is 6.68. The summed E-state index contributed by atoms with van der Waals surface area (Å²) in [5, 5.41) is 6.78. The summed E-state index contributed by atoms with van der Waals surface area (Å²) in [6, 6.07) is 11.5. The van der Waals surface area contributed by atoms with Gasteiger partial charge in [0.2, 0.25) is 27.6 Å². The highest BCUT2D eigenvalue weighted by Gasteiger charge is 2.34. The molecule has 11 heteroatoms. The van der Waals surface area contributed by atoms with Gasteiger partial charge in [-0.3, -0.25) is 4.79 Å². The molecule has 2 aromatic carbocycles. The van der Waals surface area contributed by atoms with Crippen LogP contribution in [0.25, 0.3) is 11.4 Å². The number of rotatable bonds is 6. The summed E-state index contributed by atoms with van der Waals surface area (Å²) in [6.45, 7) is 2.01. The van der Waals surface area contributed by atoms with Crippen molar-refractivity contribution in [1.29, 1.82) is 0 Å². The van der Waals surface area contributed by atoms with E-state index in [2.05, 4.69) is 15.5 Å². The molecule has 1 fully saturated rings. The summed E-state index contributed by atoms with van der Waals surface area (Å²) in [4.78, 5) is 16.9. The topological polar surface area (TPSA) is 115 Å². The second kappa shape index (κ2) is 9.50. The normalized spacial score (nSPS) is 17.0. The second-order valence-corrected chi connectivity index (χ2v) is 10.0. The quantitative estimate of drug-likeness (QED) is 0.559. The van der Waals surface area contributed by atoms with E-state index >= 15 is 0 Å². The molecular formula is C22H23ClN4O5S. The maximum Gasteiger partial charge on any atom is 0.244 e. The molecule has 1 saturated heterocycles. The molecular weight excluding hydrogens is 468 g/mol. The van der Waals surface area contributed by atoms with Gasteiger partial charge in [-0.1, -0.05) is 16.8 Å². The largest absolute Gasteiger partial charge is 0.497 e. The zero-order chi connectivity index (χ0) is 23.6. The molecule has 4 rings (SSSR count). The van der Waals surface area contributed by atoms with Crippen molar-refractivity contribution in [1.82, 2.24) is 14.4 Å². The number of ether oxygens (including phenoxy) is 1. The SMILES string of the molecule is COc1ccc(NC(=O)[C@H]2CCCN(S(=O)(=O)c3cc(-c4noc(C)n4)ccc3Cl)C2)cc1. The molecule has 1 N–H and O–H groups in total. The van der Waals surface area contributed by atoms with Crippen LogP contribution in [-0.2, 0) is 14.8 Å². The van der Waals surface area contributed by atoms with Crippen LogP contribution < -0.4 is 10.1 Å². The predicted molar refractivity (Wildman–Crippen MR) is 123 cm³/mol. The van der Waals surface area contributed by atoms with Gasteiger partial charge in [0, 0.05) is 31.3 Å². The number of nitrogens with zero attached hydrogens (tertiary/aromatic N) is 3. The molecule has 1 amide bonds. The fourth-order valence-corrected chi connectivity index (χ4v) is 5.71. The minimum Gasteiger partial charge on any atom is -0.497 e. The van der Waals surface area contributed by atoms with Crippen molar-refractivity contribution in [3.63, 3.8) is 0 Å². The van der Waals surface area contributed by atoms with Crippen molar-refractivity contribution in [2.75, 3.05) is 25.5 Å². The van der Waals surface area contributed by atoms with E-state index in [0.717, 1.165) is 0 Å². The lowest BCUT2D eigenvalue weighted by Crippen LogP contribution is -2.43. The van der Waals surface area contributed by atoms with E-state index < -0.39 is 15.9 Å². The number of amides is 1. The van der Waals surface area contributed by atoms with E-state index in [1.807, 2.05) is 0 Å². The van der Waals surface area contributed by atoms with Crippen molar-refractivity contribution in [3.8, 4) is 17.1 Å². The highest BCUT2D eigenvalue weighted by atomic mass is 35.5. The van der Waals surface area contributed by atoms with Gasteiger partial charge in [-0.05, 0) is 55.3 Å². The molecule has 1 aromatic heterocycles. The maximum atomic E-state index is 13.4. The molecule has 3 aromatic rings. The number of carbonyl (C=O) groups excluding carboxylic acids is 1. The molecule has 0 bridgehead atoms. The number of carbonyl (C=O) groups is 1. The summed E-state index contributed by atoms with van der Waals surface area (Å²) >= 11 is 6.26. The zero-order valence-corrected chi connectivity index (χ0v) is 19.7. The number of aryl methyl sites for hydroxylation is 1. The van der Waals surface area contributed by atoms with Crippen LogP contribution in [-0.4, -0.2) is 49.0 Å². The lowest BCUT2D eigenvalue weighted by atomic mass is 9.99. The van der Waals surface area contributed by atoms with E-state index in [0.29, 0.717) is 42.3 Å². The van der Waals surface area contributed by atoms with E-state index in [1.165, 1.54) is 16.4 Å². The smallest absolute Gasteiger partial charge is 0.244 e. The first-order chi connectivity index (χ1) is 15.8. The predicted octanol–water partition coefficient (Wildman–Crippen LogP) is 3.75. The molecule has 0 aliphatic carbocycles. The van der Waals surface area contributed by atoms with E-state index in [1.54, 1.807) is 44.4 Å². The van der Waals surface area contributed by atoms with Gasteiger partial charge in [-0.25, -0.2) is 8.42 Å². The Labute approximate surface area is 196 Å². The Morgan fingerprint density at radius 1 is 1.24 bits per heavy atom. The van der Waals surface area contributed by atoms with Crippen LogP contribution in [0.15, 0.2) is 51.9 Å².